The summed E-state index contributed by atoms with van der Waals surface area (Å²) in [5, 5.41) is 3.40. The Labute approximate surface area is 129 Å². The van der Waals surface area contributed by atoms with Crippen LogP contribution in [0.1, 0.15) is 58.3 Å². The first-order valence-electron chi connectivity index (χ1n) is 8.34. The van der Waals surface area contributed by atoms with Crippen LogP contribution in [0.3, 0.4) is 0 Å². The van der Waals surface area contributed by atoms with E-state index in [4.69, 9.17) is 4.74 Å². The number of hydrogen-bond donors (Lipinski definition) is 1. The fourth-order valence-corrected chi connectivity index (χ4v) is 2.87. The summed E-state index contributed by atoms with van der Waals surface area (Å²) in [6.45, 7) is 10.5. The van der Waals surface area contributed by atoms with Crippen molar-refractivity contribution in [2.45, 2.75) is 72.3 Å². The normalized spacial score (nSPS) is 26.2. The molecule has 3 unspecified atom stereocenters. The van der Waals surface area contributed by atoms with E-state index in [0.29, 0.717) is 18.8 Å². The zero-order valence-corrected chi connectivity index (χ0v) is 13.9. The van der Waals surface area contributed by atoms with Crippen LogP contribution in [0.4, 0.5) is 0 Å². The Hall–Kier alpha value is -0.930. The highest BCUT2D eigenvalue weighted by Gasteiger charge is 2.24. The van der Waals surface area contributed by atoms with Gasteiger partial charge in [0.2, 0.25) is 0 Å². The van der Waals surface area contributed by atoms with Crippen molar-refractivity contribution in [2.75, 3.05) is 0 Å². The van der Waals surface area contributed by atoms with E-state index < -0.39 is 0 Å². The van der Waals surface area contributed by atoms with Crippen LogP contribution in [0.15, 0.2) is 18.2 Å². The highest BCUT2D eigenvalue weighted by molar-refractivity contribution is 5.10. The molecule has 1 aromatic rings. The molecule has 1 aromatic heterocycles. The maximum atomic E-state index is 6.09. The molecule has 0 aliphatic heterocycles. The second-order valence-corrected chi connectivity index (χ2v) is 6.86. The Morgan fingerprint density at radius 3 is 2.67 bits per heavy atom. The van der Waals surface area contributed by atoms with Gasteiger partial charge in [-0.2, -0.15) is 0 Å². The Balaban J connectivity index is 1.81. The van der Waals surface area contributed by atoms with Gasteiger partial charge in [0.25, 0.3) is 0 Å². The highest BCUT2D eigenvalue weighted by Crippen LogP contribution is 2.31. The van der Waals surface area contributed by atoms with Crippen molar-refractivity contribution in [1.82, 2.24) is 10.3 Å². The minimum absolute atomic E-state index is 0.412. The molecule has 21 heavy (non-hydrogen) atoms. The van der Waals surface area contributed by atoms with E-state index in [1.165, 1.54) is 19.3 Å². The van der Waals surface area contributed by atoms with Crippen molar-refractivity contribution in [1.29, 1.82) is 0 Å². The average molecular weight is 290 g/mol. The van der Waals surface area contributed by atoms with Crippen molar-refractivity contribution < 1.29 is 4.74 Å². The monoisotopic (exact) mass is 290 g/mol. The molecule has 3 heteroatoms. The molecule has 1 N–H and O–H groups in total. The third-order valence-corrected chi connectivity index (χ3v) is 4.57. The van der Waals surface area contributed by atoms with Gasteiger partial charge in [-0.05, 0) is 43.2 Å². The predicted molar refractivity (Wildman–Crippen MR) is 87.0 cm³/mol. The van der Waals surface area contributed by atoms with Gasteiger partial charge in [0, 0.05) is 12.6 Å². The van der Waals surface area contributed by atoms with Crippen LogP contribution in [-0.2, 0) is 17.9 Å². The Morgan fingerprint density at radius 2 is 1.95 bits per heavy atom. The quantitative estimate of drug-likeness (QED) is 0.862. The topological polar surface area (TPSA) is 34.1 Å². The smallest absolute Gasteiger partial charge is 0.0891 e. The third-order valence-electron chi connectivity index (χ3n) is 4.57. The van der Waals surface area contributed by atoms with E-state index in [0.717, 1.165) is 29.8 Å². The zero-order chi connectivity index (χ0) is 15.2. The number of hydrogen-bond acceptors (Lipinski definition) is 3. The maximum absolute atomic E-state index is 6.09. The van der Waals surface area contributed by atoms with Crippen molar-refractivity contribution in [3.63, 3.8) is 0 Å². The molecule has 0 saturated heterocycles. The van der Waals surface area contributed by atoms with Gasteiger partial charge in [0.05, 0.1) is 24.1 Å². The fraction of sp³-hybridized carbons (Fsp3) is 0.722. The summed E-state index contributed by atoms with van der Waals surface area (Å²) in [4.78, 5) is 4.68. The maximum Gasteiger partial charge on any atom is 0.0891 e. The van der Waals surface area contributed by atoms with Gasteiger partial charge >= 0.3 is 0 Å². The van der Waals surface area contributed by atoms with Gasteiger partial charge in [0.1, 0.15) is 0 Å². The van der Waals surface area contributed by atoms with E-state index in [9.17, 15) is 0 Å². The van der Waals surface area contributed by atoms with E-state index in [-0.39, 0.29) is 0 Å². The first kappa shape index (κ1) is 16.4. The molecule has 1 heterocycles. The van der Waals surface area contributed by atoms with Crippen LogP contribution in [0, 0.1) is 11.8 Å². The first-order chi connectivity index (χ1) is 10.0. The minimum atomic E-state index is 0.412. The molecule has 0 aromatic carbocycles. The van der Waals surface area contributed by atoms with Crippen molar-refractivity contribution in [2.24, 2.45) is 11.8 Å². The molecule has 118 valence electrons. The van der Waals surface area contributed by atoms with Crippen LogP contribution in [0.5, 0.6) is 0 Å². The number of nitrogens with zero attached hydrogens (tertiary/aromatic N) is 1. The molecular formula is C18H30N2O. The molecule has 0 amide bonds. The summed E-state index contributed by atoms with van der Waals surface area (Å²) in [5.74, 6) is 1.62. The van der Waals surface area contributed by atoms with Gasteiger partial charge in [0.15, 0.2) is 0 Å². The second-order valence-electron chi connectivity index (χ2n) is 6.86. The molecule has 1 fully saturated rings. The summed E-state index contributed by atoms with van der Waals surface area (Å²) in [6.07, 6.45) is 4.09. The van der Waals surface area contributed by atoms with Gasteiger partial charge < -0.3 is 10.1 Å². The molecule has 2 rings (SSSR count). The van der Waals surface area contributed by atoms with Gasteiger partial charge in [-0.3, -0.25) is 4.98 Å². The molecular weight excluding hydrogens is 260 g/mol. The van der Waals surface area contributed by atoms with Crippen molar-refractivity contribution in [3.8, 4) is 0 Å². The Bertz CT molecular complexity index is 433. The van der Waals surface area contributed by atoms with Gasteiger partial charge in [-0.15, -0.1) is 0 Å². The first-order valence-corrected chi connectivity index (χ1v) is 8.34. The summed E-state index contributed by atoms with van der Waals surface area (Å²) in [7, 11) is 0. The van der Waals surface area contributed by atoms with Gasteiger partial charge in [-0.1, -0.05) is 33.8 Å². The van der Waals surface area contributed by atoms with Gasteiger partial charge in [-0.25, -0.2) is 0 Å². The summed E-state index contributed by atoms with van der Waals surface area (Å²) >= 11 is 0. The van der Waals surface area contributed by atoms with Crippen molar-refractivity contribution in [3.05, 3.63) is 29.6 Å². The second kappa shape index (κ2) is 7.90. The molecule has 1 saturated carbocycles. The Kier molecular flexibility index (Phi) is 6.19. The SMILES string of the molecule is CC(C)NCc1cccc(COC2CCC(C)C(C)C2)n1. The third kappa shape index (κ3) is 5.40. The standard InChI is InChI=1S/C18H30N2O/c1-13(2)19-11-16-6-5-7-17(20-16)12-21-18-9-8-14(3)15(4)10-18/h5-7,13-15,18-19H,8-12H2,1-4H3. The van der Waals surface area contributed by atoms with Crippen LogP contribution in [-0.4, -0.2) is 17.1 Å². The lowest BCUT2D eigenvalue weighted by Crippen LogP contribution is -2.26. The van der Waals surface area contributed by atoms with E-state index in [1.54, 1.807) is 0 Å². The zero-order valence-electron chi connectivity index (χ0n) is 13.9. The number of aromatic nitrogens is 1. The molecule has 0 radical (unpaired) electrons. The van der Waals surface area contributed by atoms with Crippen LogP contribution in [0.2, 0.25) is 0 Å². The highest BCUT2D eigenvalue weighted by atomic mass is 16.5. The van der Waals surface area contributed by atoms with E-state index in [1.807, 2.05) is 0 Å². The molecule has 1 aliphatic carbocycles. The molecule has 0 bridgehead atoms. The van der Waals surface area contributed by atoms with Crippen LogP contribution in [0.25, 0.3) is 0 Å². The lowest BCUT2D eigenvalue weighted by atomic mass is 9.80. The largest absolute Gasteiger partial charge is 0.372 e. The number of nitrogens with one attached hydrogen (secondary N) is 1. The van der Waals surface area contributed by atoms with Crippen LogP contribution < -0.4 is 5.32 Å². The Morgan fingerprint density at radius 1 is 1.19 bits per heavy atom. The number of rotatable bonds is 6. The number of ether oxygens (including phenoxy) is 1. The average Bonchev–Trinajstić information content (AvgIpc) is 2.47. The molecule has 1 aliphatic rings. The van der Waals surface area contributed by atoms with E-state index >= 15 is 0 Å². The number of pyridine rings is 1. The predicted octanol–water partition coefficient (Wildman–Crippen LogP) is 3.92. The minimum Gasteiger partial charge on any atom is -0.372 e. The van der Waals surface area contributed by atoms with E-state index in [2.05, 4.69) is 56.2 Å². The lowest BCUT2D eigenvalue weighted by Gasteiger charge is -2.31. The lowest BCUT2D eigenvalue weighted by molar-refractivity contribution is -0.00881. The summed E-state index contributed by atoms with van der Waals surface area (Å²) in [5.41, 5.74) is 2.14. The summed E-state index contributed by atoms with van der Waals surface area (Å²) < 4.78 is 6.09. The fourth-order valence-electron chi connectivity index (χ4n) is 2.87. The summed E-state index contributed by atoms with van der Waals surface area (Å²) in [6, 6.07) is 6.70. The molecule has 3 nitrogen and oxygen atoms in total. The molecule has 0 spiro atoms. The van der Waals surface area contributed by atoms with Crippen molar-refractivity contribution >= 4 is 0 Å². The molecule has 3 atom stereocenters. The van der Waals surface area contributed by atoms with Crippen LogP contribution >= 0.6 is 0 Å².